The van der Waals surface area contributed by atoms with Crippen LogP contribution in [-0.2, 0) is 32.7 Å². The van der Waals surface area contributed by atoms with Crippen molar-refractivity contribution in [1.29, 1.82) is 0 Å². The number of carbonyl (C=O) groups is 2. The van der Waals surface area contributed by atoms with Crippen LogP contribution in [0, 0.1) is 5.41 Å². The van der Waals surface area contributed by atoms with E-state index < -0.39 is 47.5 Å². The zero-order valence-corrected chi connectivity index (χ0v) is 25.4. The Labute approximate surface area is 236 Å². The standard InChI is InChI=1S/C22H35Cl2N4O8PS/c1-13(2)35-17(29)14(3)27-37(32,33-9-10-38-19(30)21(4,5)6)34-12-15-11-22(23,24)18(36-15)28-8-7-16(25)26-20(28)31/h7-8,13-15,18H,9-12H2,1-6H3,(H,27,32)(H2,25,26,31)/t14-,15-,18+,37?/m0/s1. The van der Waals surface area contributed by atoms with E-state index in [1.54, 1.807) is 34.6 Å². The molecule has 1 aliphatic heterocycles. The number of carbonyl (C=O) groups excluding carboxylic acids is 2. The molecule has 0 aliphatic carbocycles. The molecule has 0 saturated carbocycles. The molecule has 2 rings (SSSR count). The second kappa shape index (κ2) is 13.5. The number of aromatic nitrogens is 2. The number of nitrogens with zero attached hydrogens (tertiary/aromatic N) is 2. The number of hydrogen-bond donors (Lipinski definition) is 2. The van der Waals surface area contributed by atoms with E-state index >= 15 is 0 Å². The number of nitrogens with one attached hydrogen (secondary N) is 1. The Morgan fingerprint density at radius 3 is 2.58 bits per heavy atom. The lowest BCUT2D eigenvalue weighted by Crippen LogP contribution is -2.36. The van der Waals surface area contributed by atoms with Gasteiger partial charge in [-0.3, -0.25) is 23.2 Å². The van der Waals surface area contributed by atoms with Gasteiger partial charge in [0.25, 0.3) is 0 Å². The van der Waals surface area contributed by atoms with Crippen LogP contribution in [0.1, 0.15) is 54.2 Å². The van der Waals surface area contributed by atoms with Gasteiger partial charge in [0.15, 0.2) is 15.7 Å². The molecule has 2 heterocycles. The minimum absolute atomic E-state index is 0.0124. The number of nitrogens with two attached hydrogens (primary N) is 1. The third-order valence-electron chi connectivity index (χ3n) is 4.96. The van der Waals surface area contributed by atoms with Crippen LogP contribution in [0.5, 0.6) is 0 Å². The van der Waals surface area contributed by atoms with Crippen LogP contribution in [0.25, 0.3) is 0 Å². The highest BCUT2D eigenvalue weighted by Gasteiger charge is 2.48. The Morgan fingerprint density at radius 1 is 1.34 bits per heavy atom. The zero-order valence-electron chi connectivity index (χ0n) is 22.1. The number of esters is 1. The second-order valence-electron chi connectivity index (χ2n) is 9.97. The lowest BCUT2D eigenvalue weighted by molar-refractivity contribution is -0.149. The summed E-state index contributed by atoms with van der Waals surface area (Å²) in [4.78, 5) is 40.4. The van der Waals surface area contributed by atoms with Crippen molar-refractivity contribution in [1.82, 2.24) is 14.6 Å². The molecule has 1 aliphatic rings. The van der Waals surface area contributed by atoms with Gasteiger partial charge >= 0.3 is 19.4 Å². The van der Waals surface area contributed by atoms with E-state index in [1.165, 1.54) is 19.2 Å². The Morgan fingerprint density at radius 2 is 2.00 bits per heavy atom. The van der Waals surface area contributed by atoms with E-state index in [-0.39, 0.29) is 42.4 Å². The smallest absolute Gasteiger partial charge is 0.406 e. The third-order valence-corrected chi connectivity index (χ3v) is 8.61. The molecular formula is C22H35Cl2N4O8PS. The second-order valence-corrected chi connectivity index (χ2v) is 14.3. The quantitative estimate of drug-likeness (QED) is 0.152. The van der Waals surface area contributed by atoms with Gasteiger partial charge in [-0.25, -0.2) is 14.4 Å². The predicted molar refractivity (Wildman–Crippen MR) is 146 cm³/mol. The van der Waals surface area contributed by atoms with Gasteiger partial charge in [-0.1, -0.05) is 55.7 Å². The van der Waals surface area contributed by atoms with Gasteiger partial charge in [-0.15, -0.1) is 0 Å². The summed E-state index contributed by atoms with van der Waals surface area (Å²) in [6.45, 7) is 9.76. The average Bonchev–Trinajstić information content (AvgIpc) is 3.08. The maximum atomic E-state index is 13.6. The van der Waals surface area contributed by atoms with E-state index in [1.807, 2.05) is 0 Å². The molecule has 1 fully saturated rings. The van der Waals surface area contributed by atoms with Crippen molar-refractivity contribution in [3.8, 4) is 0 Å². The molecule has 0 spiro atoms. The fourth-order valence-corrected chi connectivity index (χ4v) is 6.20. The Hall–Kier alpha value is -1.18. The summed E-state index contributed by atoms with van der Waals surface area (Å²) in [6.07, 6.45) is -0.936. The molecule has 0 amide bonds. The molecule has 1 unspecified atom stereocenters. The molecule has 16 heteroatoms. The van der Waals surface area contributed by atoms with Crippen molar-refractivity contribution in [2.75, 3.05) is 24.7 Å². The highest BCUT2D eigenvalue weighted by Crippen LogP contribution is 2.49. The number of nitrogen functional groups attached to an aromatic ring is 1. The maximum absolute atomic E-state index is 13.6. The van der Waals surface area contributed by atoms with Gasteiger partial charge in [0, 0.05) is 23.8 Å². The largest absolute Gasteiger partial charge is 0.462 e. The molecule has 1 aromatic rings. The van der Waals surface area contributed by atoms with Gasteiger partial charge in [-0.05, 0) is 26.8 Å². The Kier molecular flexibility index (Phi) is 11.7. The molecule has 38 heavy (non-hydrogen) atoms. The topological polar surface area (TPSA) is 161 Å². The molecule has 0 radical (unpaired) electrons. The van der Waals surface area contributed by atoms with Crippen LogP contribution in [0.15, 0.2) is 17.1 Å². The van der Waals surface area contributed by atoms with E-state index in [2.05, 4.69) is 10.1 Å². The minimum Gasteiger partial charge on any atom is -0.462 e. The predicted octanol–water partition coefficient (Wildman–Crippen LogP) is 3.66. The summed E-state index contributed by atoms with van der Waals surface area (Å²) in [5.74, 6) is -0.425. The number of thioether (sulfide) groups is 1. The van der Waals surface area contributed by atoms with Crippen LogP contribution >= 0.6 is 42.7 Å². The molecular weight excluding hydrogens is 582 g/mol. The van der Waals surface area contributed by atoms with Crippen LogP contribution in [0.4, 0.5) is 5.82 Å². The summed E-state index contributed by atoms with van der Waals surface area (Å²) in [7, 11) is -4.11. The van der Waals surface area contributed by atoms with Gasteiger partial charge in [0.1, 0.15) is 11.9 Å². The first-order valence-electron chi connectivity index (χ1n) is 11.9. The van der Waals surface area contributed by atoms with Crippen LogP contribution in [0.3, 0.4) is 0 Å². The average molecular weight is 617 g/mol. The summed E-state index contributed by atoms with van der Waals surface area (Å²) < 4.78 is 35.2. The van der Waals surface area contributed by atoms with Gasteiger partial charge in [-0.2, -0.15) is 4.98 Å². The normalized spacial score (nSPS) is 21.7. The highest BCUT2D eigenvalue weighted by atomic mass is 35.5. The SMILES string of the molecule is CC(C)OC(=O)[C@H](C)NP(=O)(OCCSC(=O)C(C)(C)C)OC[C@@H]1CC(Cl)(Cl)[C@H](n2ccc(N)nc2=O)O1. The van der Waals surface area contributed by atoms with E-state index in [0.717, 1.165) is 16.3 Å². The van der Waals surface area contributed by atoms with Crippen molar-refractivity contribution >= 4 is 59.6 Å². The van der Waals surface area contributed by atoms with Crippen molar-refractivity contribution < 1.29 is 32.7 Å². The number of anilines is 1. The molecule has 1 aromatic heterocycles. The van der Waals surface area contributed by atoms with Crippen LogP contribution in [0.2, 0.25) is 0 Å². The van der Waals surface area contributed by atoms with E-state index in [9.17, 15) is 18.9 Å². The molecule has 4 atom stereocenters. The molecule has 0 bridgehead atoms. The van der Waals surface area contributed by atoms with Gasteiger partial charge in [0.2, 0.25) is 0 Å². The lowest BCUT2D eigenvalue weighted by Gasteiger charge is -2.24. The fourth-order valence-electron chi connectivity index (χ4n) is 3.13. The van der Waals surface area contributed by atoms with Crippen molar-refractivity contribution in [3.05, 3.63) is 22.7 Å². The number of alkyl halides is 2. The highest BCUT2D eigenvalue weighted by molar-refractivity contribution is 8.13. The molecule has 12 nitrogen and oxygen atoms in total. The molecule has 0 aromatic carbocycles. The Bertz CT molecular complexity index is 1100. The fraction of sp³-hybridized carbons (Fsp3) is 0.727. The molecule has 216 valence electrons. The number of ether oxygens (including phenoxy) is 2. The van der Waals surface area contributed by atoms with Crippen molar-refractivity contribution in [3.63, 3.8) is 0 Å². The third kappa shape index (κ3) is 9.78. The lowest BCUT2D eigenvalue weighted by atomic mass is 10.00. The van der Waals surface area contributed by atoms with Crippen LogP contribution < -0.4 is 16.5 Å². The van der Waals surface area contributed by atoms with Crippen molar-refractivity contribution in [2.24, 2.45) is 5.41 Å². The first-order chi connectivity index (χ1) is 17.4. The minimum atomic E-state index is -4.11. The van der Waals surface area contributed by atoms with Crippen LogP contribution in [-0.4, -0.2) is 62.2 Å². The Balaban J connectivity index is 2.10. The summed E-state index contributed by atoms with van der Waals surface area (Å²) in [6, 6.07) is 0.355. The number of rotatable bonds is 12. The first-order valence-corrected chi connectivity index (χ1v) is 15.1. The maximum Gasteiger partial charge on any atom is 0.406 e. The number of halogens is 2. The summed E-state index contributed by atoms with van der Waals surface area (Å²) in [5, 5.41) is 2.50. The molecule has 3 N–H and O–H groups in total. The zero-order chi connectivity index (χ0) is 28.9. The van der Waals surface area contributed by atoms with E-state index in [4.69, 9.17) is 47.5 Å². The van der Waals surface area contributed by atoms with Crippen molar-refractivity contribution in [2.45, 2.75) is 76.8 Å². The summed E-state index contributed by atoms with van der Waals surface area (Å²) >= 11 is 13.9. The monoisotopic (exact) mass is 616 g/mol. The van der Waals surface area contributed by atoms with Gasteiger partial charge in [0.05, 0.1) is 25.4 Å². The first kappa shape index (κ1) is 33.0. The molecule has 1 saturated heterocycles. The number of hydrogen-bond acceptors (Lipinski definition) is 11. The van der Waals surface area contributed by atoms with Gasteiger partial charge < -0.3 is 15.2 Å². The summed E-state index contributed by atoms with van der Waals surface area (Å²) in [5.41, 5.74) is 4.28. The van der Waals surface area contributed by atoms with E-state index in [0.29, 0.717) is 0 Å².